The molecule has 0 aromatic carbocycles. The average molecular weight is 248 g/mol. The molecule has 1 aromatic rings. The zero-order chi connectivity index (χ0) is 12.5. The van der Waals surface area contributed by atoms with E-state index < -0.39 is 12.0 Å². The lowest BCUT2D eigenvalue weighted by molar-refractivity contribution is -0.147. The fourth-order valence-corrected chi connectivity index (χ4v) is 2.09. The van der Waals surface area contributed by atoms with E-state index in [1.807, 2.05) is 0 Å². The van der Waals surface area contributed by atoms with Gasteiger partial charge in [-0.2, -0.15) is 18.3 Å². The molecule has 1 fully saturated rings. The molecule has 1 aromatic heterocycles. The molecule has 0 spiro atoms. The molecule has 0 aliphatic carbocycles. The van der Waals surface area contributed by atoms with Crippen LogP contribution < -0.4 is 5.32 Å². The molecule has 1 N–H and O–H groups in total. The van der Waals surface area contributed by atoms with Crippen LogP contribution in [0.15, 0.2) is 0 Å². The maximum absolute atomic E-state index is 12.5. The molecule has 1 aliphatic rings. The highest BCUT2D eigenvalue weighted by atomic mass is 19.4. The number of aryl methyl sites for hydroxylation is 1. The zero-order valence-corrected chi connectivity index (χ0v) is 9.59. The summed E-state index contributed by atoms with van der Waals surface area (Å²) in [5, 5.41) is 7.08. The first-order valence-corrected chi connectivity index (χ1v) is 5.67. The Bertz CT molecular complexity index is 379. The molecule has 0 radical (unpaired) electrons. The molecule has 2 heterocycles. The average Bonchev–Trinajstić information content (AvgIpc) is 2.60. The van der Waals surface area contributed by atoms with Gasteiger partial charge in [0.2, 0.25) is 5.82 Å². The van der Waals surface area contributed by atoms with Crippen LogP contribution in [0, 0.1) is 0 Å². The molecule has 0 amide bonds. The van der Waals surface area contributed by atoms with Crippen LogP contribution in [0.25, 0.3) is 0 Å². The summed E-state index contributed by atoms with van der Waals surface area (Å²) >= 11 is 0. The Kier molecular flexibility index (Phi) is 3.37. The number of nitrogens with zero attached hydrogens (tertiary/aromatic N) is 3. The minimum Gasteiger partial charge on any atom is -0.314 e. The van der Waals surface area contributed by atoms with Gasteiger partial charge in [0.25, 0.3) is 0 Å². The highest BCUT2D eigenvalue weighted by molar-refractivity contribution is 4.99. The summed E-state index contributed by atoms with van der Waals surface area (Å²) in [4.78, 5) is 3.56. The fourth-order valence-electron chi connectivity index (χ4n) is 2.09. The van der Waals surface area contributed by atoms with Gasteiger partial charge >= 0.3 is 6.18 Å². The topological polar surface area (TPSA) is 42.7 Å². The van der Waals surface area contributed by atoms with Crippen LogP contribution >= 0.6 is 0 Å². The van der Waals surface area contributed by atoms with Gasteiger partial charge in [-0.15, -0.1) is 0 Å². The van der Waals surface area contributed by atoms with Crippen molar-refractivity contribution in [2.75, 3.05) is 6.54 Å². The highest BCUT2D eigenvalue weighted by Gasteiger charge is 2.37. The normalized spacial score (nSPS) is 21.8. The van der Waals surface area contributed by atoms with Crippen molar-refractivity contribution in [1.29, 1.82) is 0 Å². The molecule has 0 bridgehead atoms. The standard InChI is InChI=1S/C10H15F3N4/c1-17-9(10(11,12)13)15-8(16-17)6-7-4-2-3-5-14-7/h7,14H,2-6H2,1H3. The third kappa shape index (κ3) is 2.96. The van der Waals surface area contributed by atoms with Gasteiger partial charge in [0.1, 0.15) is 0 Å². The van der Waals surface area contributed by atoms with Crippen LogP contribution in [-0.2, 0) is 19.6 Å². The van der Waals surface area contributed by atoms with E-state index in [0.717, 1.165) is 30.5 Å². The molecular weight excluding hydrogens is 233 g/mol. The van der Waals surface area contributed by atoms with Crippen molar-refractivity contribution in [2.45, 2.75) is 37.9 Å². The predicted molar refractivity (Wildman–Crippen MR) is 55.4 cm³/mol. The second kappa shape index (κ2) is 4.64. The van der Waals surface area contributed by atoms with Gasteiger partial charge in [-0.05, 0) is 19.4 Å². The first-order chi connectivity index (χ1) is 7.97. The van der Waals surface area contributed by atoms with E-state index >= 15 is 0 Å². The number of aromatic nitrogens is 3. The molecule has 1 unspecified atom stereocenters. The van der Waals surface area contributed by atoms with Gasteiger partial charge in [-0.1, -0.05) is 6.42 Å². The largest absolute Gasteiger partial charge is 0.451 e. The number of hydrogen-bond acceptors (Lipinski definition) is 3. The molecule has 1 saturated heterocycles. The minimum absolute atomic E-state index is 0.201. The maximum atomic E-state index is 12.5. The van der Waals surface area contributed by atoms with Crippen LogP contribution in [-0.4, -0.2) is 27.4 Å². The fraction of sp³-hybridized carbons (Fsp3) is 0.800. The summed E-state index contributed by atoms with van der Waals surface area (Å²) in [7, 11) is 1.27. The molecule has 1 aliphatic heterocycles. The third-order valence-corrected chi connectivity index (χ3v) is 2.90. The van der Waals surface area contributed by atoms with Gasteiger partial charge in [0.15, 0.2) is 5.82 Å². The number of rotatable bonds is 2. The lowest BCUT2D eigenvalue weighted by Crippen LogP contribution is -2.35. The minimum atomic E-state index is -4.43. The summed E-state index contributed by atoms with van der Waals surface area (Å²) in [6, 6.07) is 0.201. The molecule has 4 nitrogen and oxygen atoms in total. The number of piperidine rings is 1. The molecule has 96 valence electrons. The van der Waals surface area contributed by atoms with Crippen molar-refractivity contribution < 1.29 is 13.2 Å². The first kappa shape index (κ1) is 12.3. The highest BCUT2D eigenvalue weighted by Crippen LogP contribution is 2.27. The van der Waals surface area contributed by atoms with Gasteiger partial charge in [0.05, 0.1) is 0 Å². The van der Waals surface area contributed by atoms with Crippen LogP contribution in [0.1, 0.15) is 30.9 Å². The van der Waals surface area contributed by atoms with Gasteiger partial charge in [0, 0.05) is 19.5 Å². The zero-order valence-electron chi connectivity index (χ0n) is 9.59. The van der Waals surface area contributed by atoms with Crippen molar-refractivity contribution >= 4 is 0 Å². The summed E-state index contributed by atoms with van der Waals surface area (Å²) < 4.78 is 38.3. The molecule has 7 heteroatoms. The van der Waals surface area contributed by atoms with E-state index in [0.29, 0.717) is 6.42 Å². The second-order valence-electron chi connectivity index (χ2n) is 4.32. The van der Waals surface area contributed by atoms with Crippen molar-refractivity contribution in [3.63, 3.8) is 0 Å². The Hall–Kier alpha value is -1.11. The van der Waals surface area contributed by atoms with Crippen molar-refractivity contribution in [1.82, 2.24) is 20.1 Å². The van der Waals surface area contributed by atoms with E-state index in [1.54, 1.807) is 0 Å². The number of hydrogen-bond donors (Lipinski definition) is 1. The Morgan fingerprint density at radius 2 is 2.18 bits per heavy atom. The molecule has 0 saturated carbocycles. The molecular formula is C10H15F3N4. The van der Waals surface area contributed by atoms with Crippen LogP contribution in [0.2, 0.25) is 0 Å². The van der Waals surface area contributed by atoms with E-state index in [1.165, 1.54) is 7.05 Å². The van der Waals surface area contributed by atoms with Gasteiger partial charge < -0.3 is 5.32 Å². The lowest BCUT2D eigenvalue weighted by Gasteiger charge is -2.21. The molecule has 17 heavy (non-hydrogen) atoms. The van der Waals surface area contributed by atoms with Crippen molar-refractivity contribution in [3.8, 4) is 0 Å². The second-order valence-corrected chi connectivity index (χ2v) is 4.32. The van der Waals surface area contributed by atoms with Gasteiger partial charge in [-0.3, -0.25) is 0 Å². The monoisotopic (exact) mass is 248 g/mol. The first-order valence-electron chi connectivity index (χ1n) is 5.67. The Balaban J connectivity index is 2.06. The van der Waals surface area contributed by atoms with Gasteiger partial charge in [-0.25, -0.2) is 9.67 Å². The summed E-state index contributed by atoms with van der Waals surface area (Å²) in [6.07, 6.45) is -0.764. The quantitative estimate of drug-likeness (QED) is 0.862. The van der Waals surface area contributed by atoms with Crippen LogP contribution in [0.3, 0.4) is 0 Å². The Morgan fingerprint density at radius 1 is 1.41 bits per heavy atom. The number of alkyl halides is 3. The van der Waals surface area contributed by atoms with Crippen molar-refractivity contribution in [3.05, 3.63) is 11.6 Å². The van der Waals surface area contributed by atoms with Crippen molar-refractivity contribution in [2.24, 2.45) is 7.05 Å². The smallest absolute Gasteiger partial charge is 0.314 e. The molecule has 1 atom stereocenters. The summed E-state index contributed by atoms with van der Waals surface area (Å²) in [6.45, 7) is 0.920. The summed E-state index contributed by atoms with van der Waals surface area (Å²) in [5.74, 6) is -0.664. The van der Waals surface area contributed by atoms with E-state index in [9.17, 15) is 13.2 Å². The predicted octanol–water partition coefficient (Wildman–Crippen LogP) is 1.52. The van der Waals surface area contributed by atoms with E-state index in [2.05, 4.69) is 15.4 Å². The summed E-state index contributed by atoms with van der Waals surface area (Å²) in [5.41, 5.74) is 0. The number of nitrogens with one attached hydrogen (secondary N) is 1. The van der Waals surface area contributed by atoms with Crippen LogP contribution in [0.4, 0.5) is 13.2 Å². The van der Waals surface area contributed by atoms with Crippen LogP contribution in [0.5, 0.6) is 0 Å². The Labute approximate surface area is 97.2 Å². The number of halogens is 3. The molecule has 2 rings (SSSR count). The third-order valence-electron chi connectivity index (χ3n) is 2.90. The SMILES string of the molecule is Cn1nc(CC2CCCCN2)nc1C(F)(F)F. The Morgan fingerprint density at radius 3 is 2.71 bits per heavy atom. The lowest BCUT2D eigenvalue weighted by atomic mass is 10.0. The maximum Gasteiger partial charge on any atom is 0.451 e. The van der Waals surface area contributed by atoms with E-state index in [-0.39, 0.29) is 11.9 Å². The van der Waals surface area contributed by atoms with E-state index in [4.69, 9.17) is 0 Å².